The number of carbonyl (C=O) groups is 2. The minimum atomic E-state index is -0.280. The molecule has 0 bridgehead atoms. The van der Waals surface area contributed by atoms with Crippen molar-refractivity contribution in [3.8, 4) is 10.4 Å². The maximum Gasteiger partial charge on any atom is 0.274 e. The second kappa shape index (κ2) is 8.18. The van der Waals surface area contributed by atoms with Gasteiger partial charge in [-0.15, -0.1) is 22.7 Å². The predicted molar refractivity (Wildman–Crippen MR) is 134 cm³/mol. The lowest BCUT2D eigenvalue weighted by molar-refractivity contribution is 0.0690. The van der Waals surface area contributed by atoms with Gasteiger partial charge in [-0.25, -0.2) is 9.97 Å². The molecule has 10 heteroatoms. The van der Waals surface area contributed by atoms with E-state index in [2.05, 4.69) is 21.4 Å². The van der Waals surface area contributed by atoms with Crippen molar-refractivity contribution < 1.29 is 9.59 Å². The van der Waals surface area contributed by atoms with E-state index in [1.54, 1.807) is 21.9 Å². The minimum absolute atomic E-state index is 0.0570. The van der Waals surface area contributed by atoms with Crippen LogP contribution >= 0.6 is 34.3 Å². The molecule has 1 N–H and O–H groups in total. The van der Waals surface area contributed by atoms with E-state index >= 15 is 0 Å². The standard InChI is InChI=1S/C24H22ClN5O2S2/c1-12-4-3-5-14(8-12)20-18(27-13(2)34-20)23(32)30-11-15-9-16(15)17(30)10-26-22(31)19-21(25)28-24-29(19)6-7-33-24/h3-8,15-17H,9-11H2,1-2H3,(H,26,31)/t15-,16-,17+/m0/s1. The van der Waals surface area contributed by atoms with Gasteiger partial charge < -0.3 is 10.2 Å². The average Bonchev–Trinajstić information content (AvgIpc) is 3.14. The minimum Gasteiger partial charge on any atom is -0.349 e. The van der Waals surface area contributed by atoms with Gasteiger partial charge in [0.05, 0.1) is 15.9 Å². The number of aryl methyl sites for hydroxylation is 2. The molecule has 1 saturated carbocycles. The van der Waals surface area contributed by atoms with Gasteiger partial charge in [-0.1, -0.05) is 41.4 Å². The van der Waals surface area contributed by atoms with Crippen molar-refractivity contribution in [1.82, 2.24) is 24.6 Å². The summed E-state index contributed by atoms with van der Waals surface area (Å²) in [5, 5.41) is 5.93. The van der Waals surface area contributed by atoms with E-state index in [1.165, 1.54) is 11.3 Å². The summed E-state index contributed by atoms with van der Waals surface area (Å²) in [6.07, 6.45) is 2.88. The molecule has 4 heterocycles. The smallest absolute Gasteiger partial charge is 0.274 e. The molecule has 2 fully saturated rings. The Morgan fingerprint density at radius 3 is 2.94 bits per heavy atom. The fourth-order valence-electron chi connectivity index (χ4n) is 5.00. The molecule has 2 aliphatic rings. The third kappa shape index (κ3) is 3.62. The first-order chi connectivity index (χ1) is 16.4. The Morgan fingerprint density at radius 1 is 1.26 bits per heavy atom. The molecule has 1 aliphatic carbocycles. The number of likely N-dealkylation sites (tertiary alicyclic amines) is 1. The molecule has 7 nitrogen and oxygen atoms in total. The molecule has 2 amide bonds. The first-order valence-corrected chi connectivity index (χ1v) is 13.2. The quantitative estimate of drug-likeness (QED) is 0.422. The lowest BCUT2D eigenvalue weighted by Gasteiger charge is -2.27. The maximum absolute atomic E-state index is 13.7. The summed E-state index contributed by atoms with van der Waals surface area (Å²) in [6, 6.07) is 8.10. The van der Waals surface area contributed by atoms with Crippen LogP contribution in [-0.4, -0.2) is 50.2 Å². The average molecular weight is 512 g/mol. The van der Waals surface area contributed by atoms with Gasteiger partial charge in [0, 0.05) is 24.7 Å². The summed E-state index contributed by atoms with van der Waals surface area (Å²) >= 11 is 9.19. The zero-order valence-corrected chi connectivity index (χ0v) is 21.0. The van der Waals surface area contributed by atoms with E-state index in [0.29, 0.717) is 41.3 Å². The summed E-state index contributed by atoms with van der Waals surface area (Å²) in [4.78, 5) is 39.0. The number of aromatic nitrogens is 3. The Kier molecular flexibility index (Phi) is 5.24. The van der Waals surface area contributed by atoms with E-state index < -0.39 is 0 Å². The van der Waals surface area contributed by atoms with Crippen LogP contribution in [0.3, 0.4) is 0 Å². The molecular weight excluding hydrogens is 490 g/mol. The van der Waals surface area contributed by atoms with Crippen LogP contribution in [0.4, 0.5) is 0 Å². The Bertz CT molecular complexity index is 1440. The summed E-state index contributed by atoms with van der Waals surface area (Å²) < 4.78 is 1.70. The van der Waals surface area contributed by atoms with Crippen molar-refractivity contribution in [2.75, 3.05) is 13.1 Å². The van der Waals surface area contributed by atoms with Gasteiger partial charge in [0.2, 0.25) is 0 Å². The van der Waals surface area contributed by atoms with E-state index in [-0.39, 0.29) is 23.0 Å². The van der Waals surface area contributed by atoms with Gasteiger partial charge in [0.15, 0.2) is 15.8 Å². The van der Waals surface area contributed by atoms with Crippen LogP contribution in [0.1, 0.15) is 38.0 Å². The first-order valence-electron chi connectivity index (χ1n) is 11.2. The van der Waals surface area contributed by atoms with Crippen molar-refractivity contribution in [3.05, 3.63) is 63.0 Å². The topological polar surface area (TPSA) is 79.6 Å². The Hall–Kier alpha value is -2.75. The molecule has 1 aliphatic heterocycles. The third-order valence-electron chi connectivity index (χ3n) is 6.69. The van der Waals surface area contributed by atoms with Crippen LogP contribution in [0.2, 0.25) is 5.15 Å². The predicted octanol–water partition coefficient (Wildman–Crippen LogP) is 4.68. The van der Waals surface area contributed by atoms with Gasteiger partial charge in [0.25, 0.3) is 11.8 Å². The summed E-state index contributed by atoms with van der Waals surface area (Å²) in [7, 11) is 0. The molecular formula is C24H22ClN5O2S2. The molecule has 174 valence electrons. The number of imidazole rings is 1. The van der Waals surface area contributed by atoms with Crippen LogP contribution in [-0.2, 0) is 0 Å². The number of benzene rings is 1. The fraction of sp³-hybridized carbons (Fsp3) is 0.333. The Balaban J connectivity index is 1.24. The van der Waals surface area contributed by atoms with Crippen molar-refractivity contribution in [2.24, 2.45) is 11.8 Å². The molecule has 3 atom stereocenters. The largest absolute Gasteiger partial charge is 0.349 e. The third-order valence-corrected chi connectivity index (χ3v) is 8.73. The number of nitrogens with zero attached hydrogens (tertiary/aromatic N) is 4. The zero-order chi connectivity index (χ0) is 23.6. The van der Waals surface area contributed by atoms with Crippen LogP contribution in [0.15, 0.2) is 35.8 Å². The van der Waals surface area contributed by atoms with E-state index in [4.69, 9.17) is 11.6 Å². The van der Waals surface area contributed by atoms with Crippen molar-refractivity contribution in [3.63, 3.8) is 0 Å². The van der Waals surface area contributed by atoms with Crippen molar-refractivity contribution in [1.29, 1.82) is 0 Å². The molecule has 0 unspecified atom stereocenters. The van der Waals surface area contributed by atoms with Crippen LogP contribution in [0.5, 0.6) is 0 Å². The number of hydrogen-bond donors (Lipinski definition) is 1. The highest BCUT2D eigenvalue weighted by atomic mass is 35.5. The van der Waals surface area contributed by atoms with Crippen molar-refractivity contribution >= 4 is 51.0 Å². The summed E-state index contributed by atoms with van der Waals surface area (Å²) in [6.45, 7) is 5.06. The van der Waals surface area contributed by atoms with Gasteiger partial charge >= 0.3 is 0 Å². The molecule has 6 rings (SSSR count). The number of rotatable bonds is 5. The van der Waals surface area contributed by atoms with Crippen molar-refractivity contribution in [2.45, 2.75) is 26.3 Å². The number of halogens is 1. The Morgan fingerprint density at radius 2 is 2.12 bits per heavy atom. The first kappa shape index (κ1) is 21.8. The highest BCUT2D eigenvalue weighted by molar-refractivity contribution is 7.15. The van der Waals surface area contributed by atoms with E-state index in [0.717, 1.165) is 27.4 Å². The number of hydrogen-bond acceptors (Lipinski definition) is 6. The molecule has 4 aromatic rings. The Labute approximate surface area is 209 Å². The monoisotopic (exact) mass is 511 g/mol. The zero-order valence-electron chi connectivity index (χ0n) is 18.6. The van der Waals surface area contributed by atoms with Gasteiger partial charge in [0.1, 0.15) is 5.69 Å². The molecule has 34 heavy (non-hydrogen) atoms. The molecule has 0 spiro atoms. The molecule has 1 aromatic carbocycles. The van der Waals surface area contributed by atoms with Gasteiger partial charge in [-0.2, -0.15) is 0 Å². The molecule has 3 aromatic heterocycles. The second-order valence-corrected chi connectivity index (χ2v) is 11.4. The number of fused-ring (bicyclic) bond motifs is 2. The fourth-order valence-corrected chi connectivity index (χ4v) is 6.93. The van der Waals surface area contributed by atoms with Gasteiger partial charge in [-0.05, 0) is 37.7 Å². The highest BCUT2D eigenvalue weighted by Crippen LogP contribution is 2.50. The van der Waals surface area contributed by atoms with E-state index in [9.17, 15) is 9.59 Å². The lowest BCUT2D eigenvalue weighted by Crippen LogP contribution is -2.46. The number of piperidine rings is 1. The number of carbonyl (C=O) groups excluding carboxylic acids is 2. The number of thiazole rings is 2. The number of nitrogens with one attached hydrogen (secondary N) is 1. The SMILES string of the molecule is Cc1cccc(-c2sc(C)nc2C(=O)N2C[C@@H]3C[C@@H]3[C@H]2CNC(=O)c2c(Cl)nc3sccn23)c1. The summed E-state index contributed by atoms with van der Waals surface area (Å²) in [5.41, 5.74) is 2.99. The molecule has 1 saturated heterocycles. The summed E-state index contributed by atoms with van der Waals surface area (Å²) in [5.74, 6) is 0.566. The van der Waals surface area contributed by atoms with E-state index in [1.807, 2.05) is 42.3 Å². The highest BCUT2D eigenvalue weighted by Gasteiger charge is 2.54. The second-order valence-electron chi connectivity index (χ2n) is 8.98. The molecule has 0 radical (unpaired) electrons. The maximum atomic E-state index is 13.7. The number of amides is 2. The van der Waals surface area contributed by atoms with Gasteiger partial charge in [-0.3, -0.25) is 14.0 Å². The normalized spacial score (nSPS) is 21.1. The van der Waals surface area contributed by atoms with Crippen LogP contribution in [0.25, 0.3) is 15.4 Å². The van der Waals surface area contributed by atoms with Crippen LogP contribution < -0.4 is 5.32 Å². The van der Waals surface area contributed by atoms with Crippen LogP contribution in [0, 0.1) is 25.7 Å². The lowest BCUT2D eigenvalue weighted by atomic mass is 10.1.